The Bertz CT molecular complexity index is 534. The fourth-order valence-corrected chi connectivity index (χ4v) is 1.94. The Morgan fingerprint density at radius 2 is 1.71 bits per heavy atom. The number of hydrogen-bond donors (Lipinski definition) is 1. The van der Waals surface area contributed by atoms with Crippen molar-refractivity contribution in [1.82, 2.24) is 0 Å². The lowest BCUT2D eigenvalue weighted by Crippen LogP contribution is -2.13. The molecule has 0 radical (unpaired) electrons. The van der Waals surface area contributed by atoms with Gasteiger partial charge in [-0.2, -0.15) is 0 Å². The average molecular weight is 246 g/mol. The van der Waals surface area contributed by atoms with Crippen molar-refractivity contribution in [2.45, 2.75) is 6.42 Å². The van der Waals surface area contributed by atoms with Gasteiger partial charge in [0.2, 0.25) is 5.91 Å². The Morgan fingerprint density at radius 1 is 1.06 bits per heavy atom. The van der Waals surface area contributed by atoms with Gasteiger partial charge in [-0.25, -0.2) is 0 Å². The number of carbonyl (C=O) groups is 1. The van der Waals surface area contributed by atoms with Crippen molar-refractivity contribution in [3.05, 3.63) is 59.1 Å². The first-order chi connectivity index (χ1) is 8.16. The summed E-state index contributed by atoms with van der Waals surface area (Å²) in [6.07, 6.45) is 0.267. The standard InChI is InChI=1S/C14H12ClNO/c15-13-4-2-1-3-12(13)11-7-5-10(6-8-11)9-14(16)17/h1-8H,9H2,(H2,16,17). The highest BCUT2D eigenvalue weighted by molar-refractivity contribution is 6.33. The maximum Gasteiger partial charge on any atom is 0.221 e. The summed E-state index contributed by atoms with van der Waals surface area (Å²) < 4.78 is 0. The lowest BCUT2D eigenvalue weighted by molar-refractivity contribution is -0.117. The van der Waals surface area contributed by atoms with Crippen molar-refractivity contribution < 1.29 is 4.79 Å². The minimum absolute atomic E-state index is 0.267. The molecule has 0 aromatic heterocycles. The van der Waals surface area contributed by atoms with Gasteiger partial charge in [-0.05, 0) is 17.2 Å². The van der Waals surface area contributed by atoms with Crippen LogP contribution in [0.25, 0.3) is 11.1 Å². The predicted octanol–water partition coefficient (Wildman–Crippen LogP) is 3.03. The van der Waals surface area contributed by atoms with Crippen LogP contribution in [0.15, 0.2) is 48.5 Å². The molecule has 0 bridgehead atoms. The van der Waals surface area contributed by atoms with E-state index in [2.05, 4.69) is 0 Å². The van der Waals surface area contributed by atoms with E-state index in [1.807, 2.05) is 48.5 Å². The maximum absolute atomic E-state index is 10.8. The fraction of sp³-hybridized carbons (Fsp3) is 0.0714. The van der Waals surface area contributed by atoms with Gasteiger partial charge < -0.3 is 5.73 Å². The van der Waals surface area contributed by atoms with Gasteiger partial charge in [0.05, 0.1) is 6.42 Å². The number of nitrogens with two attached hydrogens (primary N) is 1. The number of rotatable bonds is 3. The van der Waals surface area contributed by atoms with Crippen LogP contribution in [0.5, 0.6) is 0 Å². The smallest absolute Gasteiger partial charge is 0.221 e. The molecule has 0 aliphatic rings. The van der Waals surface area contributed by atoms with Crippen LogP contribution >= 0.6 is 11.6 Å². The maximum atomic E-state index is 10.8. The second-order valence-corrected chi connectivity index (χ2v) is 4.23. The van der Waals surface area contributed by atoms with E-state index in [1.54, 1.807) is 0 Å². The highest BCUT2D eigenvalue weighted by Crippen LogP contribution is 2.27. The molecule has 0 saturated heterocycles. The largest absolute Gasteiger partial charge is 0.369 e. The molecule has 0 saturated carbocycles. The molecule has 2 N–H and O–H groups in total. The van der Waals surface area contributed by atoms with Crippen LogP contribution in [0.3, 0.4) is 0 Å². The number of hydrogen-bond acceptors (Lipinski definition) is 1. The van der Waals surface area contributed by atoms with Gasteiger partial charge in [-0.1, -0.05) is 54.1 Å². The second-order valence-electron chi connectivity index (χ2n) is 3.82. The van der Waals surface area contributed by atoms with Crippen molar-refractivity contribution in [2.24, 2.45) is 5.73 Å². The lowest BCUT2D eigenvalue weighted by Gasteiger charge is -2.05. The highest BCUT2D eigenvalue weighted by atomic mass is 35.5. The quantitative estimate of drug-likeness (QED) is 0.888. The summed E-state index contributed by atoms with van der Waals surface area (Å²) in [4.78, 5) is 10.8. The molecular formula is C14H12ClNO. The molecule has 17 heavy (non-hydrogen) atoms. The molecular weight excluding hydrogens is 234 g/mol. The Morgan fingerprint density at radius 3 is 2.29 bits per heavy atom. The number of amides is 1. The molecule has 3 heteroatoms. The minimum Gasteiger partial charge on any atom is -0.369 e. The van der Waals surface area contributed by atoms with Crippen LogP contribution in [-0.4, -0.2) is 5.91 Å². The summed E-state index contributed by atoms with van der Waals surface area (Å²) in [6, 6.07) is 15.3. The normalized spacial score (nSPS) is 10.2. The third-order valence-corrected chi connectivity index (χ3v) is 2.85. The van der Waals surface area contributed by atoms with Crippen molar-refractivity contribution in [1.29, 1.82) is 0 Å². The van der Waals surface area contributed by atoms with E-state index < -0.39 is 0 Å². The van der Waals surface area contributed by atoms with Crippen molar-refractivity contribution in [3.63, 3.8) is 0 Å². The van der Waals surface area contributed by atoms with Gasteiger partial charge in [0.15, 0.2) is 0 Å². The van der Waals surface area contributed by atoms with E-state index in [9.17, 15) is 4.79 Å². The van der Waals surface area contributed by atoms with Crippen LogP contribution in [0, 0.1) is 0 Å². The third kappa shape index (κ3) is 2.86. The third-order valence-electron chi connectivity index (χ3n) is 2.52. The highest BCUT2D eigenvalue weighted by Gasteiger charge is 2.03. The van der Waals surface area contributed by atoms with Gasteiger partial charge in [0.1, 0.15) is 0 Å². The lowest BCUT2D eigenvalue weighted by atomic mass is 10.0. The first-order valence-electron chi connectivity index (χ1n) is 5.29. The molecule has 0 fully saturated rings. The topological polar surface area (TPSA) is 43.1 Å². The van der Waals surface area contributed by atoms with E-state index in [-0.39, 0.29) is 12.3 Å². The number of carbonyl (C=O) groups excluding carboxylic acids is 1. The fourth-order valence-electron chi connectivity index (χ4n) is 1.70. The van der Waals surface area contributed by atoms with Gasteiger partial charge in [0, 0.05) is 10.6 Å². The van der Waals surface area contributed by atoms with Crippen molar-refractivity contribution in [2.75, 3.05) is 0 Å². The zero-order chi connectivity index (χ0) is 12.3. The Balaban J connectivity index is 2.30. The van der Waals surface area contributed by atoms with Crippen LogP contribution in [-0.2, 0) is 11.2 Å². The molecule has 2 rings (SSSR count). The summed E-state index contributed by atoms with van der Waals surface area (Å²) in [5.41, 5.74) is 8.07. The Kier molecular flexibility index (Phi) is 3.45. The van der Waals surface area contributed by atoms with Gasteiger partial charge in [-0.3, -0.25) is 4.79 Å². The minimum atomic E-state index is -0.324. The van der Waals surface area contributed by atoms with E-state index in [4.69, 9.17) is 17.3 Å². The van der Waals surface area contributed by atoms with Crippen LogP contribution in [0.2, 0.25) is 5.02 Å². The molecule has 0 aliphatic heterocycles. The Hall–Kier alpha value is -1.80. The zero-order valence-electron chi connectivity index (χ0n) is 9.19. The van der Waals surface area contributed by atoms with Gasteiger partial charge >= 0.3 is 0 Å². The van der Waals surface area contributed by atoms with Crippen molar-refractivity contribution in [3.8, 4) is 11.1 Å². The number of primary amides is 1. The van der Waals surface area contributed by atoms with E-state index >= 15 is 0 Å². The molecule has 0 heterocycles. The average Bonchev–Trinajstić information content (AvgIpc) is 2.30. The van der Waals surface area contributed by atoms with Crippen LogP contribution < -0.4 is 5.73 Å². The molecule has 0 unspecified atom stereocenters. The van der Waals surface area contributed by atoms with E-state index in [0.717, 1.165) is 21.7 Å². The molecule has 0 atom stereocenters. The number of benzene rings is 2. The SMILES string of the molecule is NC(=O)Cc1ccc(-c2ccccc2Cl)cc1. The van der Waals surface area contributed by atoms with Crippen molar-refractivity contribution >= 4 is 17.5 Å². The second kappa shape index (κ2) is 5.02. The molecule has 2 nitrogen and oxygen atoms in total. The molecule has 0 spiro atoms. The summed E-state index contributed by atoms with van der Waals surface area (Å²) in [5, 5.41) is 0.718. The van der Waals surface area contributed by atoms with Gasteiger partial charge in [-0.15, -0.1) is 0 Å². The van der Waals surface area contributed by atoms with Gasteiger partial charge in [0.25, 0.3) is 0 Å². The summed E-state index contributed by atoms with van der Waals surface area (Å²) in [5.74, 6) is -0.324. The molecule has 1 amide bonds. The molecule has 0 aliphatic carbocycles. The molecule has 2 aromatic carbocycles. The summed E-state index contributed by atoms with van der Waals surface area (Å²) in [6.45, 7) is 0. The molecule has 2 aromatic rings. The Labute approximate surface area is 105 Å². The number of halogens is 1. The molecule has 86 valence electrons. The predicted molar refractivity (Wildman–Crippen MR) is 69.8 cm³/mol. The first kappa shape index (κ1) is 11.7. The van der Waals surface area contributed by atoms with E-state index in [0.29, 0.717) is 0 Å². The summed E-state index contributed by atoms with van der Waals surface area (Å²) >= 11 is 6.11. The van der Waals surface area contributed by atoms with Crippen LogP contribution in [0.1, 0.15) is 5.56 Å². The van der Waals surface area contributed by atoms with Crippen LogP contribution in [0.4, 0.5) is 0 Å². The monoisotopic (exact) mass is 245 g/mol. The van der Waals surface area contributed by atoms with E-state index in [1.165, 1.54) is 0 Å². The zero-order valence-corrected chi connectivity index (χ0v) is 9.95. The first-order valence-corrected chi connectivity index (χ1v) is 5.67. The summed E-state index contributed by atoms with van der Waals surface area (Å²) in [7, 11) is 0.